The molecule has 0 radical (unpaired) electrons. The second-order valence-corrected chi connectivity index (χ2v) is 11.1. The Bertz CT molecular complexity index is 984. The number of nitrogens with zero attached hydrogens (tertiary/aromatic N) is 1. The lowest BCUT2D eigenvalue weighted by atomic mass is 10.1. The Morgan fingerprint density at radius 3 is 2.27 bits per heavy atom. The van der Waals surface area contributed by atoms with Crippen molar-refractivity contribution in [1.29, 1.82) is 0 Å². The molecule has 1 heterocycles. The number of benzene rings is 2. The predicted octanol–water partition coefficient (Wildman–Crippen LogP) is 3.90. The fourth-order valence-electron chi connectivity index (χ4n) is 3.92. The quantitative estimate of drug-likeness (QED) is 0.698. The maximum absolute atomic E-state index is 13.5. The molecule has 160 valence electrons. The molecule has 6 nitrogen and oxygen atoms in total. The summed E-state index contributed by atoms with van der Waals surface area (Å²) in [5.74, 6) is 2.28. The van der Waals surface area contributed by atoms with Crippen molar-refractivity contribution in [3.8, 4) is 5.75 Å². The smallest absolute Gasteiger partial charge is 0.249 e. The number of hydrogen-bond donors (Lipinski definition) is 1. The number of para-hydroxylation sites is 1. The number of carbonyl (C=O) groups is 1. The van der Waals surface area contributed by atoms with Crippen molar-refractivity contribution in [2.45, 2.75) is 36.5 Å². The molecule has 0 bridgehead atoms. The van der Waals surface area contributed by atoms with E-state index in [4.69, 9.17) is 4.74 Å². The lowest BCUT2D eigenvalue weighted by Crippen LogP contribution is -2.53. The van der Waals surface area contributed by atoms with E-state index in [1.165, 1.54) is 11.4 Å². The Balaban J connectivity index is 1.53. The second kappa shape index (κ2) is 8.51. The highest BCUT2D eigenvalue weighted by Crippen LogP contribution is 2.40. The van der Waals surface area contributed by atoms with E-state index in [0.717, 1.165) is 17.3 Å². The van der Waals surface area contributed by atoms with Gasteiger partial charge >= 0.3 is 0 Å². The summed E-state index contributed by atoms with van der Waals surface area (Å²) in [5, 5.41) is 2.84. The largest absolute Gasteiger partial charge is 0.489 e. The summed E-state index contributed by atoms with van der Waals surface area (Å²) in [7, 11) is -2.38. The number of sulfonamides is 1. The molecule has 1 aliphatic carbocycles. The van der Waals surface area contributed by atoms with E-state index in [0.29, 0.717) is 37.1 Å². The van der Waals surface area contributed by atoms with Crippen LogP contribution in [0.2, 0.25) is 0 Å². The number of thioether (sulfide) groups is 1. The van der Waals surface area contributed by atoms with E-state index < -0.39 is 20.7 Å². The van der Waals surface area contributed by atoms with Gasteiger partial charge in [0.05, 0.1) is 5.69 Å². The summed E-state index contributed by atoms with van der Waals surface area (Å²) in [4.78, 5) is 13.3. The first kappa shape index (κ1) is 21.1. The van der Waals surface area contributed by atoms with E-state index >= 15 is 0 Å². The summed E-state index contributed by atoms with van der Waals surface area (Å²) in [6, 6.07) is 16.0. The van der Waals surface area contributed by atoms with Crippen molar-refractivity contribution in [2.75, 3.05) is 28.2 Å². The van der Waals surface area contributed by atoms with Gasteiger partial charge in [-0.1, -0.05) is 31.0 Å². The average molecular weight is 447 g/mol. The Hall–Kier alpha value is -2.19. The highest BCUT2D eigenvalue weighted by Gasteiger charge is 2.54. The van der Waals surface area contributed by atoms with Crippen LogP contribution >= 0.6 is 11.8 Å². The molecule has 2 aromatic carbocycles. The van der Waals surface area contributed by atoms with Crippen molar-refractivity contribution < 1.29 is 17.9 Å². The molecule has 0 unspecified atom stereocenters. The molecule has 2 fully saturated rings. The molecule has 2 aromatic rings. The number of nitrogens with one attached hydrogen (secondary N) is 1. The predicted molar refractivity (Wildman–Crippen MR) is 122 cm³/mol. The number of amides is 1. The first-order valence-electron chi connectivity index (χ1n) is 10.1. The molecular weight excluding hydrogens is 420 g/mol. The van der Waals surface area contributed by atoms with Crippen molar-refractivity contribution in [2.24, 2.45) is 0 Å². The zero-order chi connectivity index (χ0) is 21.2. The second-order valence-electron chi connectivity index (χ2n) is 7.77. The van der Waals surface area contributed by atoms with Crippen molar-refractivity contribution in [3.05, 3.63) is 54.6 Å². The van der Waals surface area contributed by atoms with Crippen LogP contribution in [0.1, 0.15) is 25.7 Å². The normalized spacial score (nSPS) is 18.4. The van der Waals surface area contributed by atoms with Gasteiger partial charge in [-0.25, -0.2) is 8.42 Å². The van der Waals surface area contributed by atoms with E-state index in [1.807, 2.05) is 30.0 Å². The maximum atomic E-state index is 13.5. The Kier molecular flexibility index (Phi) is 5.97. The van der Waals surface area contributed by atoms with Crippen LogP contribution in [0.4, 0.5) is 11.4 Å². The molecule has 1 saturated carbocycles. The lowest BCUT2D eigenvalue weighted by molar-refractivity contribution is -0.118. The molecule has 2 aliphatic rings. The van der Waals surface area contributed by atoms with Crippen LogP contribution in [-0.2, 0) is 14.8 Å². The van der Waals surface area contributed by atoms with Crippen molar-refractivity contribution in [1.82, 2.24) is 0 Å². The van der Waals surface area contributed by atoms with Crippen LogP contribution in [0, 0.1) is 0 Å². The molecule has 8 heteroatoms. The first-order chi connectivity index (χ1) is 14.4. The SMILES string of the molecule is CN(c1ccccc1)S(=O)(=O)C1(C(=O)Nc2ccc(OC3CSC3)cc2)CCCC1. The molecule has 1 N–H and O–H groups in total. The van der Waals surface area contributed by atoms with E-state index in [-0.39, 0.29) is 6.10 Å². The number of anilines is 2. The third-order valence-corrected chi connectivity index (χ3v) is 9.55. The Labute approximate surface area is 182 Å². The van der Waals surface area contributed by atoms with Gasteiger partial charge in [0.2, 0.25) is 15.9 Å². The third kappa shape index (κ3) is 3.90. The Morgan fingerprint density at radius 2 is 1.70 bits per heavy atom. The molecular formula is C22H26N2O4S2. The van der Waals surface area contributed by atoms with Crippen LogP contribution in [0.25, 0.3) is 0 Å². The summed E-state index contributed by atoms with van der Waals surface area (Å²) >= 11 is 1.85. The maximum Gasteiger partial charge on any atom is 0.249 e. The van der Waals surface area contributed by atoms with E-state index in [2.05, 4.69) is 5.32 Å². The standard InChI is InChI=1S/C22H26N2O4S2/c1-24(18-7-3-2-4-8-18)30(26,27)22(13-5-6-14-22)21(25)23-17-9-11-19(12-10-17)28-20-15-29-16-20/h2-4,7-12,20H,5-6,13-16H2,1H3,(H,23,25). The first-order valence-corrected chi connectivity index (χ1v) is 12.7. The van der Waals surface area contributed by atoms with E-state index in [1.54, 1.807) is 36.4 Å². The molecule has 0 spiro atoms. The molecule has 1 aliphatic heterocycles. The highest BCUT2D eigenvalue weighted by atomic mass is 32.2. The summed E-state index contributed by atoms with van der Waals surface area (Å²) < 4.78 is 32.7. The van der Waals surface area contributed by atoms with Crippen LogP contribution in [0.15, 0.2) is 54.6 Å². The fourth-order valence-corrected chi connectivity index (χ4v) is 6.50. The third-order valence-electron chi connectivity index (χ3n) is 5.82. The van der Waals surface area contributed by atoms with Gasteiger partial charge in [-0.05, 0) is 49.2 Å². The summed E-state index contributed by atoms with van der Waals surface area (Å²) in [6.45, 7) is 0. The molecule has 1 amide bonds. The minimum absolute atomic E-state index is 0.246. The topological polar surface area (TPSA) is 75.7 Å². The number of hydrogen-bond acceptors (Lipinski definition) is 5. The van der Waals surface area contributed by atoms with Gasteiger partial charge in [-0.15, -0.1) is 0 Å². The molecule has 4 rings (SSSR count). The van der Waals surface area contributed by atoms with Crippen molar-refractivity contribution in [3.63, 3.8) is 0 Å². The molecule has 1 saturated heterocycles. The number of rotatable bonds is 7. The van der Waals surface area contributed by atoms with Crippen LogP contribution in [0.5, 0.6) is 5.75 Å². The number of ether oxygens (including phenoxy) is 1. The summed E-state index contributed by atoms with van der Waals surface area (Å²) in [6.07, 6.45) is 2.30. The summed E-state index contributed by atoms with van der Waals surface area (Å²) in [5.41, 5.74) is 1.12. The molecule has 0 atom stereocenters. The van der Waals surface area contributed by atoms with Crippen LogP contribution in [0.3, 0.4) is 0 Å². The Morgan fingerprint density at radius 1 is 1.07 bits per heavy atom. The molecule has 30 heavy (non-hydrogen) atoms. The van der Waals surface area contributed by atoms with Gasteiger partial charge in [0.1, 0.15) is 11.9 Å². The van der Waals surface area contributed by atoms with Gasteiger partial charge in [-0.2, -0.15) is 11.8 Å². The van der Waals surface area contributed by atoms with Gasteiger partial charge in [0, 0.05) is 24.2 Å². The molecule has 0 aromatic heterocycles. The van der Waals surface area contributed by atoms with Gasteiger partial charge < -0.3 is 10.1 Å². The van der Waals surface area contributed by atoms with Gasteiger partial charge in [0.25, 0.3) is 0 Å². The van der Waals surface area contributed by atoms with Crippen LogP contribution in [-0.4, -0.2) is 43.7 Å². The number of carbonyl (C=O) groups excluding carboxylic acids is 1. The zero-order valence-electron chi connectivity index (χ0n) is 16.9. The monoisotopic (exact) mass is 446 g/mol. The highest BCUT2D eigenvalue weighted by molar-refractivity contribution is 8.00. The van der Waals surface area contributed by atoms with Crippen molar-refractivity contribution >= 4 is 39.1 Å². The van der Waals surface area contributed by atoms with Crippen LogP contribution < -0.4 is 14.4 Å². The minimum Gasteiger partial charge on any atom is -0.489 e. The van der Waals surface area contributed by atoms with Gasteiger partial charge in [-0.3, -0.25) is 9.10 Å². The minimum atomic E-state index is -3.90. The van der Waals surface area contributed by atoms with E-state index in [9.17, 15) is 13.2 Å². The average Bonchev–Trinajstić information content (AvgIpc) is 3.24. The fraction of sp³-hybridized carbons (Fsp3) is 0.409. The lowest BCUT2D eigenvalue weighted by Gasteiger charge is -2.33. The van der Waals surface area contributed by atoms with Gasteiger partial charge in [0.15, 0.2) is 4.75 Å². The zero-order valence-corrected chi connectivity index (χ0v) is 18.5.